The molecule has 12 heavy (non-hydrogen) atoms. The molecule has 60 valence electrons. The summed E-state index contributed by atoms with van der Waals surface area (Å²) in [5, 5.41) is 0. The van der Waals surface area contributed by atoms with Crippen molar-refractivity contribution in [3.63, 3.8) is 0 Å². The molecular weight excluding hydrogens is 236 g/mol. The fourth-order valence-electron chi connectivity index (χ4n) is 0.555. The Bertz CT molecular complexity index is 304. The van der Waals surface area contributed by atoms with Crippen LogP contribution < -0.4 is 107 Å². The minimum absolute atomic E-state index is 0. The Morgan fingerprint density at radius 1 is 1.50 bits per heavy atom. The number of rotatable bonds is 0. The first-order valence-corrected chi connectivity index (χ1v) is 3.85. The van der Waals surface area contributed by atoms with E-state index < -0.39 is 16.2 Å². The largest absolute Gasteiger partial charge is 1.00 e. The number of nitrogens with one attached hydrogen (secondary N) is 1. The number of amides is 1. The van der Waals surface area contributed by atoms with E-state index in [4.69, 9.17) is 0 Å². The molecule has 0 aromatic carbocycles. The molecule has 1 aliphatic rings. The van der Waals surface area contributed by atoms with Gasteiger partial charge < -0.3 is 7.04 Å². The van der Waals surface area contributed by atoms with Gasteiger partial charge in [-0.25, -0.2) is 4.72 Å². The van der Waals surface area contributed by atoms with E-state index in [1.807, 2.05) is 0 Å². The first-order valence-electron chi connectivity index (χ1n) is 2.44. The summed E-state index contributed by atoms with van der Waals surface area (Å²) in [4.78, 5) is 10.4. The van der Waals surface area contributed by atoms with Crippen LogP contribution in [0.2, 0.25) is 0 Å². The summed E-state index contributed by atoms with van der Waals surface area (Å²) in [5.41, 5.74) is 0. The van der Waals surface area contributed by atoms with Crippen LogP contribution in [0, 0.1) is 0 Å². The maximum absolute atomic E-state index is 10.5. The second kappa shape index (κ2) is 6.67. The van der Waals surface area contributed by atoms with Crippen molar-refractivity contribution in [3.05, 3.63) is 11.8 Å². The minimum atomic E-state index is -3.85. The zero-order valence-corrected chi connectivity index (χ0v) is 14.2. The average Bonchev–Trinajstić information content (AvgIpc) is 1.54. The van der Waals surface area contributed by atoms with Gasteiger partial charge >= 0.3 is 113 Å². The third-order valence-electron chi connectivity index (χ3n) is 0.801. The van der Waals surface area contributed by atoms with Crippen LogP contribution in [0.1, 0.15) is 9.78 Å². The smallest absolute Gasteiger partial charge is 1.00 e. The quantitative estimate of drug-likeness (QED) is 0.430. The maximum atomic E-state index is 10.5. The van der Waals surface area contributed by atoms with Crippen molar-refractivity contribution in [2.45, 2.75) is 6.92 Å². The number of hydrogen-bond acceptors (Lipinski definition) is 4. The van der Waals surface area contributed by atoms with E-state index in [2.05, 4.69) is 4.18 Å². The summed E-state index contributed by atoms with van der Waals surface area (Å²) in [6.07, 6.45) is 1.06. The molecule has 0 radical (unpaired) electrons. The van der Waals surface area contributed by atoms with Crippen molar-refractivity contribution in [1.29, 1.82) is 0 Å². The number of carbonyl (C=O) groups is 1. The molecule has 0 spiro atoms. The van der Waals surface area contributed by atoms with E-state index in [1.165, 1.54) is 6.92 Å². The standard InChI is InChI=1S/C4H5NO4S.2K.2H/c1-3-2-4(6)5-10(7,8)9-3;;;;/h2H,1H3,(H,5,6);;;;/q;2*+1;2*-1. The van der Waals surface area contributed by atoms with Crippen molar-refractivity contribution in [3.8, 4) is 0 Å². The minimum Gasteiger partial charge on any atom is -1.00 e. The molecule has 0 atom stereocenters. The van der Waals surface area contributed by atoms with Crippen LogP contribution in [0.5, 0.6) is 0 Å². The molecule has 8 heteroatoms. The van der Waals surface area contributed by atoms with E-state index in [0.717, 1.165) is 6.08 Å². The van der Waals surface area contributed by atoms with Crippen molar-refractivity contribution in [2.75, 3.05) is 0 Å². The summed E-state index contributed by atoms with van der Waals surface area (Å²) in [6.45, 7) is 1.39. The second-order valence-electron chi connectivity index (χ2n) is 1.76. The summed E-state index contributed by atoms with van der Waals surface area (Å²) in [7, 11) is -3.85. The fourth-order valence-corrected chi connectivity index (χ4v) is 1.30. The predicted molar refractivity (Wildman–Crippen MR) is 34.1 cm³/mol. The van der Waals surface area contributed by atoms with Crippen LogP contribution in [0.4, 0.5) is 0 Å². The monoisotopic (exact) mass is 243 g/mol. The number of allylic oxidation sites excluding steroid dienone is 1. The van der Waals surface area contributed by atoms with Gasteiger partial charge in [0.15, 0.2) is 0 Å². The van der Waals surface area contributed by atoms with Gasteiger partial charge in [-0.15, -0.1) is 0 Å². The van der Waals surface area contributed by atoms with Gasteiger partial charge in [0.05, 0.1) is 0 Å². The topological polar surface area (TPSA) is 72.5 Å². The average molecular weight is 243 g/mol. The molecule has 1 N–H and O–H groups in total. The van der Waals surface area contributed by atoms with Crippen LogP contribution >= 0.6 is 0 Å². The summed E-state index contributed by atoms with van der Waals surface area (Å²) < 4.78 is 26.8. The first kappa shape index (κ1) is 16.7. The van der Waals surface area contributed by atoms with Crippen molar-refractivity contribution >= 4 is 16.2 Å². The number of carbonyl (C=O) groups excluding carboxylic acids is 1. The van der Waals surface area contributed by atoms with Crippen molar-refractivity contribution < 1.29 is 123 Å². The molecule has 0 aromatic rings. The Balaban J connectivity index is -0.000000125. The van der Waals surface area contributed by atoms with E-state index in [9.17, 15) is 13.2 Å². The third-order valence-corrected chi connectivity index (χ3v) is 1.73. The molecule has 0 unspecified atom stereocenters. The second-order valence-corrected chi connectivity index (χ2v) is 3.04. The van der Waals surface area contributed by atoms with Gasteiger partial charge in [-0.1, -0.05) is 0 Å². The summed E-state index contributed by atoms with van der Waals surface area (Å²) in [5.74, 6) is -0.604. The van der Waals surface area contributed by atoms with Crippen LogP contribution in [-0.2, 0) is 19.3 Å². The van der Waals surface area contributed by atoms with Gasteiger partial charge in [0.2, 0.25) is 0 Å². The molecule has 5 nitrogen and oxygen atoms in total. The Morgan fingerprint density at radius 3 is 2.33 bits per heavy atom. The van der Waals surface area contributed by atoms with Crippen molar-refractivity contribution in [2.24, 2.45) is 0 Å². The van der Waals surface area contributed by atoms with E-state index in [1.54, 1.807) is 4.72 Å². The molecular formula is C4H7K2NO4S. The van der Waals surface area contributed by atoms with Crippen molar-refractivity contribution in [1.82, 2.24) is 4.72 Å². The van der Waals surface area contributed by atoms with Gasteiger partial charge in [0, 0.05) is 6.08 Å². The first-order chi connectivity index (χ1) is 4.49. The van der Waals surface area contributed by atoms with Crippen LogP contribution in [0.3, 0.4) is 0 Å². The van der Waals surface area contributed by atoms with Crippen LogP contribution in [-0.4, -0.2) is 14.3 Å². The van der Waals surface area contributed by atoms with Crippen LogP contribution in [0.25, 0.3) is 0 Å². The van der Waals surface area contributed by atoms with Gasteiger partial charge in [-0.3, -0.25) is 4.79 Å². The fraction of sp³-hybridized carbons (Fsp3) is 0.250. The van der Waals surface area contributed by atoms with E-state index >= 15 is 0 Å². The Hall–Kier alpha value is 2.23. The molecule has 0 fully saturated rings. The number of hydrogen-bond donors (Lipinski definition) is 1. The SMILES string of the molecule is CC1=CC(=O)NS(=O)(=O)O1.[H-].[H-].[K+].[K+]. The third kappa shape index (κ3) is 5.86. The molecule has 1 amide bonds. The zero-order chi connectivity index (χ0) is 7.78. The molecule has 0 aliphatic carbocycles. The van der Waals surface area contributed by atoms with Gasteiger partial charge in [0.1, 0.15) is 5.76 Å². The summed E-state index contributed by atoms with van der Waals surface area (Å²) in [6, 6.07) is 0. The Kier molecular flexibility index (Phi) is 9.25. The van der Waals surface area contributed by atoms with Crippen LogP contribution in [0.15, 0.2) is 11.8 Å². The molecule has 0 saturated heterocycles. The molecule has 0 aromatic heterocycles. The molecule has 1 aliphatic heterocycles. The molecule has 0 bridgehead atoms. The molecule has 1 heterocycles. The Labute approximate surface area is 159 Å². The van der Waals surface area contributed by atoms with Gasteiger partial charge in [-0.2, -0.15) is 8.42 Å². The summed E-state index contributed by atoms with van der Waals surface area (Å²) >= 11 is 0. The predicted octanol–water partition coefficient (Wildman–Crippen LogP) is -6.49. The Morgan fingerprint density at radius 2 is 2.00 bits per heavy atom. The molecule has 1 rings (SSSR count). The van der Waals surface area contributed by atoms with E-state index in [0.29, 0.717) is 0 Å². The maximum Gasteiger partial charge on any atom is 1.00 e. The van der Waals surface area contributed by atoms with E-state index in [-0.39, 0.29) is 111 Å². The van der Waals surface area contributed by atoms with Gasteiger partial charge in [-0.05, 0) is 6.92 Å². The normalized spacial score (nSPS) is 18.8. The van der Waals surface area contributed by atoms with Gasteiger partial charge in [0.25, 0.3) is 5.91 Å². The molecule has 0 saturated carbocycles. The zero-order valence-electron chi connectivity index (χ0n) is 9.12.